The van der Waals surface area contributed by atoms with Crippen molar-refractivity contribution in [3.05, 3.63) is 53.2 Å². The number of allylic oxidation sites excluding steroid dienone is 2. The number of nitrogens with one attached hydrogen (secondary N) is 1. The van der Waals surface area contributed by atoms with Gasteiger partial charge in [0.05, 0.1) is 12.3 Å². The Morgan fingerprint density at radius 3 is 2.55 bits per heavy atom. The largest absolute Gasteiger partial charge is 0.422 e. The topological polar surface area (TPSA) is 64.6 Å². The van der Waals surface area contributed by atoms with Crippen LogP contribution in [0.25, 0.3) is 5.76 Å². The van der Waals surface area contributed by atoms with Crippen LogP contribution in [0.5, 0.6) is 0 Å². The lowest BCUT2D eigenvalue weighted by atomic mass is 10.0. The van der Waals surface area contributed by atoms with Gasteiger partial charge in [-0.1, -0.05) is 30.3 Å². The van der Waals surface area contributed by atoms with Crippen molar-refractivity contribution >= 4 is 17.5 Å². The fraction of sp³-hybridized carbons (Fsp3) is 0.200. The Morgan fingerprint density at radius 1 is 1.25 bits per heavy atom. The van der Waals surface area contributed by atoms with Crippen molar-refractivity contribution < 1.29 is 19.2 Å². The Hall–Kier alpha value is -2.40. The Bertz CT molecular complexity index is 587. The summed E-state index contributed by atoms with van der Waals surface area (Å²) < 4.78 is 5.20. The standard InChI is InChI=1S/C15H15NO4/c1-3-19-16-10(2)14-12(17)9-13(20-15(14)18)11-7-5-4-6-8-11/h4-9,16H,3H2,1-2H3. The summed E-state index contributed by atoms with van der Waals surface area (Å²) in [5.41, 5.74) is 3.52. The molecule has 0 aliphatic carbocycles. The molecule has 0 spiro atoms. The third kappa shape index (κ3) is 2.95. The number of carbonyl (C=O) groups excluding carboxylic acids is 2. The number of benzene rings is 1. The highest BCUT2D eigenvalue weighted by molar-refractivity contribution is 6.26. The molecule has 0 atom stereocenters. The van der Waals surface area contributed by atoms with Crippen molar-refractivity contribution in [3.63, 3.8) is 0 Å². The molecular formula is C15H15NO4. The molecule has 1 aliphatic rings. The van der Waals surface area contributed by atoms with Crippen LogP contribution in [-0.2, 0) is 19.2 Å². The lowest BCUT2D eigenvalue weighted by Gasteiger charge is -2.17. The number of hydroxylamine groups is 1. The molecule has 104 valence electrons. The first-order chi connectivity index (χ1) is 9.63. The molecule has 0 unspecified atom stereocenters. The zero-order valence-electron chi connectivity index (χ0n) is 11.3. The van der Waals surface area contributed by atoms with E-state index in [1.807, 2.05) is 18.2 Å². The van der Waals surface area contributed by atoms with Gasteiger partial charge in [0.2, 0.25) is 0 Å². The van der Waals surface area contributed by atoms with E-state index in [-0.39, 0.29) is 11.3 Å². The Labute approximate surface area is 116 Å². The normalized spacial score (nSPS) is 17.4. The number of hydrogen-bond donors (Lipinski definition) is 1. The maximum Gasteiger partial charge on any atom is 0.349 e. The monoisotopic (exact) mass is 273 g/mol. The minimum absolute atomic E-state index is 0.0434. The van der Waals surface area contributed by atoms with Gasteiger partial charge in [0.1, 0.15) is 11.3 Å². The summed E-state index contributed by atoms with van der Waals surface area (Å²) in [6, 6.07) is 9.00. The molecule has 0 aromatic heterocycles. The van der Waals surface area contributed by atoms with Crippen molar-refractivity contribution in [1.82, 2.24) is 5.48 Å². The number of ketones is 1. The van der Waals surface area contributed by atoms with Gasteiger partial charge in [-0.25, -0.2) is 4.79 Å². The molecule has 0 amide bonds. The minimum atomic E-state index is -0.680. The highest BCUT2D eigenvalue weighted by Crippen LogP contribution is 2.24. The average Bonchev–Trinajstić information content (AvgIpc) is 2.45. The van der Waals surface area contributed by atoms with Crippen molar-refractivity contribution in [3.8, 4) is 0 Å². The van der Waals surface area contributed by atoms with Crippen LogP contribution in [0.2, 0.25) is 0 Å². The number of ether oxygens (including phenoxy) is 1. The van der Waals surface area contributed by atoms with Gasteiger partial charge >= 0.3 is 5.97 Å². The predicted octanol–water partition coefficient (Wildman–Crippen LogP) is 1.97. The summed E-state index contributed by atoms with van der Waals surface area (Å²) >= 11 is 0. The Morgan fingerprint density at radius 2 is 1.95 bits per heavy atom. The summed E-state index contributed by atoms with van der Waals surface area (Å²) in [6.45, 7) is 3.80. The zero-order chi connectivity index (χ0) is 14.5. The van der Waals surface area contributed by atoms with Crippen molar-refractivity contribution in [2.45, 2.75) is 13.8 Å². The smallest absolute Gasteiger partial charge is 0.349 e. The molecule has 1 aromatic carbocycles. The highest BCUT2D eigenvalue weighted by atomic mass is 16.6. The summed E-state index contributed by atoms with van der Waals surface area (Å²) in [5.74, 6) is -0.820. The molecule has 5 nitrogen and oxygen atoms in total. The first-order valence-electron chi connectivity index (χ1n) is 6.25. The van der Waals surface area contributed by atoms with E-state index in [4.69, 9.17) is 9.57 Å². The van der Waals surface area contributed by atoms with Crippen LogP contribution in [0.4, 0.5) is 0 Å². The van der Waals surface area contributed by atoms with Crippen LogP contribution >= 0.6 is 0 Å². The molecule has 2 rings (SSSR count). The molecule has 0 bridgehead atoms. The van der Waals surface area contributed by atoms with Crippen molar-refractivity contribution in [1.29, 1.82) is 0 Å². The zero-order valence-corrected chi connectivity index (χ0v) is 11.3. The summed E-state index contributed by atoms with van der Waals surface area (Å²) in [6.07, 6.45) is 1.31. The Kier molecular flexibility index (Phi) is 4.32. The van der Waals surface area contributed by atoms with Gasteiger partial charge in [-0.15, -0.1) is 0 Å². The van der Waals surface area contributed by atoms with Gasteiger partial charge < -0.3 is 4.74 Å². The molecular weight excluding hydrogens is 258 g/mol. The quantitative estimate of drug-likeness (QED) is 0.393. The highest BCUT2D eigenvalue weighted by Gasteiger charge is 2.28. The first-order valence-corrected chi connectivity index (χ1v) is 6.25. The molecule has 1 heterocycles. The molecule has 1 aliphatic heterocycles. The number of carbonyl (C=O) groups is 2. The van der Waals surface area contributed by atoms with Crippen LogP contribution in [0.15, 0.2) is 47.7 Å². The van der Waals surface area contributed by atoms with E-state index in [9.17, 15) is 9.59 Å². The maximum absolute atomic E-state index is 12.1. The maximum atomic E-state index is 12.1. The Balaban J connectivity index is 2.30. The lowest BCUT2D eigenvalue weighted by Crippen LogP contribution is -2.25. The number of esters is 1. The van der Waals surface area contributed by atoms with E-state index in [0.717, 1.165) is 0 Å². The van der Waals surface area contributed by atoms with Crippen LogP contribution in [-0.4, -0.2) is 18.4 Å². The van der Waals surface area contributed by atoms with E-state index < -0.39 is 11.8 Å². The number of cyclic esters (lactones) is 1. The second-order valence-electron chi connectivity index (χ2n) is 4.16. The number of hydrogen-bond acceptors (Lipinski definition) is 5. The summed E-state index contributed by atoms with van der Waals surface area (Å²) in [5, 5.41) is 0. The summed E-state index contributed by atoms with van der Waals surface area (Å²) in [7, 11) is 0. The van der Waals surface area contributed by atoms with Crippen LogP contribution in [0.1, 0.15) is 19.4 Å². The molecule has 20 heavy (non-hydrogen) atoms. The van der Waals surface area contributed by atoms with E-state index in [0.29, 0.717) is 17.9 Å². The van der Waals surface area contributed by atoms with Gasteiger partial charge in [0, 0.05) is 11.6 Å². The summed E-state index contributed by atoms with van der Waals surface area (Å²) in [4.78, 5) is 29.0. The van der Waals surface area contributed by atoms with E-state index >= 15 is 0 Å². The van der Waals surface area contributed by atoms with E-state index in [1.165, 1.54) is 6.08 Å². The third-order valence-electron chi connectivity index (χ3n) is 2.72. The average molecular weight is 273 g/mol. The van der Waals surface area contributed by atoms with Crippen LogP contribution in [0.3, 0.4) is 0 Å². The van der Waals surface area contributed by atoms with Gasteiger partial charge in [0.25, 0.3) is 0 Å². The molecule has 1 aromatic rings. The SMILES string of the molecule is CCONC(C)=C1C(=O)C=C(c2ccccc2)OC1=O. The van der Waals surface area contributed by atoms with Crippen molar-refractivity contribution in [2.75, 3.05) is 6.61 Å². The predicted molar refractivity (Wildman–Crippen MR) is 73.0 cm³/mol. The molecule has 5 heteroatoms. The van der Waals surface area contributed by atoms with Crippen molar-refractivity contribution in [2.24, 2.45) is 0 Å². The minimum Gasteiger partial charge on any atom is -0.422 e. The van der Waals surface area contributed by atoms with Gasteiger partial charge in [-0.05, 0) is 13.8 Å². The van der Waals surface area contributed by atoms with Gasteiger partial charge in [-0.2, -0.15) is 0 Å². The van der Waals surface area contributed by atoms with Crippen LogP contribution in [0, 0.1) is 0 Å². The molecule has 0 saturated heterocycles. The molecule has 1 N–H and O–H groups in total. The second kappa shape index (κ2) is 6.16. The molecule has 0 saturated carbocycles. The third-order valence-corrected chi connectivity index (χ3v) is 2.72. The number of rotatable bonds is 4. The van der Waals surface area contributed by atoms with E-state index in [1.54, 1.807) is 26.0 Å². The molecule has 0 radical (unpaired) electrons. The van der Waals surface area contributed by atoms with Gasteiger partial charge in [0.15, 0.2) is 5.78 Å². The fourth-order valence-electron chi connectivity index (χ4n) is 1.79. The fourth-order valence-corrected chi connectivity index (χ4v) is 1.79. The van der Waals surface area contributed by atoms with E-state index in [2.05, 4.69) is 5.48 Å². The van der Waals surface area contributed by atoms with Crippen LogP contribution < -0.4 is 5.48 Å². The second-order valence-corrected chi connectivity index (χ2v) is 4.16. The van der Waals surface area contributed by atoms with Gasteiger partial charge in [-0.3, -0.25) is 15.1 Å². The lowest BCUT2D eigenvalue weighted by molar-refractivity contribution is -0.135. The first kappa shape index (κ1) is 14.0. The molecule has 0 fully saturated rings.